The highest BCUT2D eigenvalue weighted by Crippen LogP contribution is 2.42. The summed E-state index contributed by atoms with van der Waals surface area (Å²) in [5.41, 5.74) is 2.14. The normalized spacial score (nSPS) is 19.4. The number of aromatic nitrogens is 1. The van der Waals surface area contributed by atoms with E-state index in [9.17, 15) is 18.4 Å². The summed E-state index contributed by atoms with van der Waals surface area (Å²) in [5, 5.41) is 2.71. The Bertz CT molecular complexity index is 1390. The van der Waals surface area contributed by atoms with Crippen LogP contribution in [0.1, 0.15) is 61.7 Å². The van der Waals surface area contributed by atoms with Crippen molar-refractivity contribution in [3.05, 3.63) is 101 Å². The number of halogens is 2. The van der Waals surface area contributed by atoms with Crippen LogP contribution in [-0.2, 0) is 9.53 Å². The monoisotopic (exact) mass is 651 g/mol. The molecule has 246 valence electrons. The Morgan fingerprint density at radius 2 is 1.59 bits per heavy atom. The predicted octanol–water partition coefficient (Wildman–Crippen LogP) is 6.01. The van der Waals surface area contributed by atoms with E-state index in [1.54, 1.807) is 41.6 Å². The van der Waals surface area contributed by atoms with E-state index in [1.807, 2.05) is 32.9 Å². The largest absolute Gasteiger partial charge is 0.444 e. The fourth-order valence-corrected chi connectivity index (χ4v) is 7.37. The molecule has 0 spiro atoms. The number of carbonyl (C=O) groups excluding carboxylic acids is 2. The van der Waals surface area contributed by atoms with Crippen LogP contribution in [0, 0.1) is 11.6 Å². The van der Waals surface area contributed by atoms with E-state index in [0.29, 0.717) is 12.3 Å². The molecule has 2 atom stereocenters. The predicted molar refractivity (Wildman–Crippen MR) is 176 cm³/mol. The molecule has 0 bridgehead atoms. The fraction of sp³-hybridized carbons (Fsp3) is 0.457. The zero-order valence-electron chi connectivity index (χ0n) is 26.7. The smallest absolute Gasteiger partial charge is 0.412 e. The second-order valence-corrected chi connectivity index (χ2v) is 13.9. The van der Waals surface area contributed by atoms with Gasteiger partial charge in [-0.1, -0.05) is 30.3 Å². The highest BCUT2D eigenvalue weighted by Gasteiger charge is 2.44. The van der Waals surface area contributed by atoms with Crippen LogP contribution in [0.2, 0.25) is 0 Å². The van der Waals surface area contributed by atoms with Gasteiger partial charge in [0.15, 0.2) is 0 Å². The Kier molecular flexibility index (Phi) is 11.3. The third-order valence-electron chi connectivity index (χ3n) is 8.22. The number of thioether (sulfide) groups is 1. The highest BCUT2D eigenvalue weighted by molar-refractivity contribution is 7.99. The Labute approximate surface area is 274 Å². The molecule has 2 amide bonds. The van der Waals surface area contributed by atoms with Crippen molar-refractivity contribution < 1.29 is 23.1 Å². The van der Waals surface area contributed by atoms with Gasteiger partial charge in [0.1, 0.15) is 28.7 Å². The lowest BCUT2D eigenvalue weighted by Gasteiger charge is -2.40. The number of benzene rings is 2. The third-order valence-corrected chi connectivity index (χ3v) is 9.54. The molecule has 2 aromatic carbocycles. The molecule has 1 N–H and O–H groups in total. The second kappa shape index (κ2) is 15.4. The van der Waals surface area contributed by atoms with E-state index >= 15 is 0 Å². The first-order chi connectivity index (χ1) is 22.1. The average molecular weight is 652 g/mol. The molecule has 2 saturated heterocycles. The van der Waals surface area contributed by atoms with Gasteiger partial charge in [0, 0.05) is 56.4 Å². The highest BCUT2D eigenvalue weighted by atomic mass is 32.2. The molecule has 2 fully saturated rings. The third kappa shape index (κ3) is 8.83. The number of unbranched alkanes of at least 4 members (excludes halogenated alkanes) is 1. The molecular weight excluding hydrogens is 608 g/mol. The summed E-state index contributed by atoms with van der Waals surface area (Å²) >= 11 is 1.54. The van der Waals surface area contributed by atoms with Crippen LogP contribution >= 0.6 is 11.8 Å². The van der Waals surface area contributed by atoms with Crippen LogP contribution in [0.4, 0.5) is 13.6 Å². The van der Waals surface area contributed by atoms with Crippen LogP contribution < -0.4 is 5.32 Å². The number of pyridine rings is 1. The van der Waals surface area contributed by atoms with E-state index in [4.69, 9.17) is 4.74 Å². The van der Waals surface area contributed by atoms with Crippen LogP contribution in [0.25, 0.3) is 0 Å². The van der Waals surface area contributed by atoms with Gasteiger partial charge in [-0.3, -0.25) is 19.6 Å². The molecule has 1 aromatic heterocycles. The molecule has 1 unspecified atom stereocenters. The van der Waals surface area contributed by atoms with Gasteiger partial charge in [-0.15, -0.1) is 11.8 Å². The Balaban J connectivity index is 1.09. The van der Waals surface area contributed by atoms with E-state index in [1.165, 1.54) is 36.0 Å². The summed E-state index contributed by atoms with van der Waals surface area (Å²) in [4.78, 5) is 37.0. The maximum absolute atomic E-state index is 13.7. The molecule has 5 rings (SSSR count). The number of nitrogens with zero attached hydrogens (tertiary/aromatic N) is 4. The molecule has 11 heteroatoms. The number of hydrogen-bond acceptors (Lipinski definition) is 7. The Morgan fingerprint density at radius 1 is 0.957 bits per heavy atom. The van der Waals surface area contributed by atoms with E-state index in [2.05, 4.69) is 20.1 Å². The van der Waals surface area contributed by atoms with Gasteiger partial charge in [-0.2, -0.15) is 0 Å². The van der Waals surface area contributed by atoms with Crippen molar-refractivity contribution >= 4 is 23.8 Å². The minimum Gasteiger partial charge on any atom is -0.444 e. The molecule has 3 aromatic rings. The number of hydrogen-bond donors (Lipinski definition) is 1. The molecule has 8 nitrogen and oxygen atoms in total. The number of carbonyl (C=O) groups is 2. The van der Waals surface area contributed by atoms with E-state index < -0.39 is 17.7 Å². The minimum atomic E-state index is -0.681. The number of piperazine rings is 1. The van der Waals surface area contributed by atoms with E-state index in [-0.39, 0.29) is 29.0 Å². The van der Waals surface area contributed by atoms with Gasteiger partial charge < -0.3 is 15.0 Å². The Hall–Kier alpha value is -3.54. The molecule has 2 aliphatic heterocycles. The summed E-state index contributed by atoms with van der Waals surface area (Å²) in [5.74, 6) is -0.254. The van der Waals surface area contributed by atoms with Crippen molar-refractivity contribution in [2.75, 3.05) is 45.0 Å². The second-order valence-electron chi connectivity index (χ2n) is 12.8. The summed E-state index contributed by atoms with van der Waals surface area (Å²) in [6.07, 6.45) is 4.64. The van der Waals surface area contributed by atoms with Crippen molar-refractivity contribution in [3.63, 3.8) is 0 Å². The van der Waals surface area contributed by atoms with Crippen LogP contribution in [0.15, 0.2) is 73.1 Å². The number of rotatable bonds is 10. The first kappa shape index (κ1) is 33.8. The summed E-state index contributed by atoms with van der Waals surface area (Å²) in [6, 6.07) is 16.1. The molecular formula is C35H43F2N5O3S. The maximum Gasteiger partial charge on any atom is 0.412 e. The van der Waals surface area contributed by atoms with Crippen molar-refractivity contribution in [1.82, 2.24) is 25.0 Å². The Morgan fingerprint density at radius 3 is 2.15 bits per heavy atom. The molecule has 46 heavy (non-hydrogen) atoms. The van der Waals surface area contributed by atoms with Crippen LogP contribution in [-0.4, -0.2) is 88.3 Å². The van der Waals surface area contributed by atoms with Crippen molar-refractivity contribution in [2.45, 2.75) is 56.7 Å². The molecule has 2 aliphatic rings. The van der Waals surface area contributed by atoms with Gasteiger partial charge in [0.2, 0.25) is 5.91 Å². The minimum absolute atomic E-state index is 0.0784. The van der Waals surface area contributed by atoms with Crippen molar-refractivity contribution in [2.24, 2.45) is 0 Å². The quantitative estimate of drug-likeness (QED) is 0.269. The van der Waals surface area contributed by atoms with Gasteiger partial charge in [-0.05, 0) is 81.6 Å². The number of nitrogens with one attached hydrogen (secondary N) is 1. The molecule has 0 saturated carbocycles. The van der Waals surface area contributed by atoms with E-state index in [0.717, 1.165) is 62.3 Å². The maximum atomic E-state index is 13.7. The number of amides is 2. The summed E-state index contributed by atoms with van der Waals surface area (Å²) in [6.45, 7) is 10.3. The summed E-state index contributed by atoms with van der Waals surface area (Å²) in [7, 11) is 0. The van der Waals surface area contributed by atoms with Gasteiger partial charge >= 0.3 is 6.09 Å². The standard InChI is InChI=1S/C35H43F2N5O3S/c1-35(2,3)45-34(44)42-30(24-46-33(42)27-7-6-16-38-23-27)32(43)39-17-4-5-18-40-19-21-41(22-20-40)31(25-8-12-28(36)13-9-25)26-10-14-29(37)15-11-26/h6-16,23,30-31,33H,4-5,17-22,24H2,1-3H3,(H,39,43)/t30-,33?/m0/s1. The van der Waals surface area contributed by atoms with Crippen LogP contribution in [0.5, 0.6) is 0 Å². The first-order valence-corrected chi connectivity index (χ1v) is 16.9. The first-order valence-electron chi connectivity index (χ1n) is 15.9. The molecule has 0 radical (unpaired) electrons. The lowest BCUT2D eigenvalue weighted by molar-refractivity contribution is -0.125. The lowest BCUT2D eigenvalue weighted by Crippen LogP contribution is -2.49. The van der Waals surface area contributed by atoms with Crippen molar-refractivity contribution in [1.29, 1.82) is 0 Å². The zero-order valence-corrected chi connectivity index (χ0v) is 27.5. The molecule has 3 heterocycles. The number of ether oxygens (including phenoxy) is 1. The zero-order chi connectivity index (χ0) is 32.7. The van der Waals surface area contributed by atoms with Gasteiger partial charge in [-0.25, -0.2) is 13.6 Å². The van der Waals surface area contributed by atoms with Crippen LogP contribution in [0.3, 0.4) is 0 Å². The summed E-state index contributed by atoms with van der Waals surface area (Å²) < 4.78 is 33.0. The SMILES string of the molecule is CC(C)(C)OC(=O)N1C(c2cccnc2)SC[C@H]1C(=O)NCCCCN1CCN(C(c2ccc(F)cc2)c2ccc(F)cc2)CC1. The topological polar surface area (TPSA) is 78.0 Å². The fourth-order valence-electron chi connectivity index (χ4n) is 5.96. The average Bonchev–Trinajstić information content (AvgIpc) is 3.49. The lowest BCUT2D eigenvalue weighted by atomic mass is 9.96. The molecule has 0 aliphatic carbocycles. The van der Waals surface area contributed by atoms with Gasteiger partial charge in [0.25, 0.3) is 0 Å². The van der Waals surface area contributed by atoms with Gasteiger partial charge in [0.05, 0.1) is 6.04 Å². The van der Waals surface area contributed by atoms with Crippen molar-refractivity contribution in [3.8, 4) is 0 Å².